The number of amides is 1. The molecule has 0 aromatic heterocycles. The Kier molecular flexibility index (Phi) is 6.44. The molecule has 0 radical (unpaired) electrons. The number of carbonyl (C=O) groups is 1. The normalized spacial score (nSPS) is 10.7. The van der Waals surface area contributed by atoms with Crippen LogP contribution in [-0.4, -0.2) is 18.7 Å². The minimum absolute atomic E-state index is 0.312. The lowest BCUT2D eigenvalue weighted by Crippen LogP contribution is -2.17. The summed E-state index contributed by atoms with van der Waals surface area (Å²) < 4.78 is 5.46. The summed E-state index contributed by atoms with van der Waals surface area (Å²) >= 11 is 11.8. The van der Waals surface area contributed by atoms with E-state index < -0.39 is 0 Å². The van der Waals surface area contributed by atoms with Gasteiger partial charge in [-0.2, -0.15) is 5.10 Å². The number of hydrogen-bond acceptors (Lipinski definition) is 3. The minimum Gasteiger partial charge on any atom is -0.494 e. The Morgan fingerprint density at radius 3 is 2.61 bits per heavy atom. The molecule has 4 nitrogen and oxygen atoms in total. The Hall–Kier alpha value is -2.04. The zero-order chi connectivity index (χ0) is 16.7. The highest BCUT2D eigenvalue weighted by atomic mass is 35.5. The molecule has 6 heteroatoms. The first-order chi connectivity index (χ1) is 11.1. The Bertz CT molecular complexity index is 700. The molecule has 1 amide bonds. The van der Waals surface area contributed by atoms with Gasteiger partial charge in [-0.05, 0) is 42.8 Å². The van der Waals surface area contributed by atoms with E-state index in [1.165, 1.54) is 6.21 Å². The molecule has 0 atom stereocenters. The number of carbonyl (C=O) groups excluding carboxylic acids is 1. The van der Waals surface area contributed by atoms with Crippen molar-refractivity contribution >= 4 is 35.3 Å². The maximum Gasteiger partial charge on any atom is 0.271 e. The van der Waals surface area contributed by atoms with Crippen LogP contribution < -0.4 is 10.2 Å². The van der Waals surface area contributed by atoms with Crippen LogP contribution in [0.5, 0.6) is 5.75 Å². The van der Waals surface area contributed by atoms with Gasteiger partial charge in [0.2, 0.25) is 0 Å². The number of nitrogens with zero attached hydrogens (tertiary/aromatic N) is 1. The molecule has 23 heavy (non-hydrogen) atoms. The van der Waals surface area contributed by atoms with Crippen LogP contribution in [0.4, 0.5) is 0 Å². The van der Waals surface area contributed by atoms with Gasteiger partial charge in [-0.25, -0.2) is 5.43 Å². The highest BCUT2D eigenvalue weighted by Crippen LogP contribution is 2.19. The van der Waals surface area contributed by atoms with Gasteiger partial charge in [-0.1, -0.05) is 36.2 Å². The van der Waals surface area contributed by atoms with E-state index in [0.29, 0.717) is 27.8 Å². The maximum atomic E-state index is 12.0. The first-order valence-corrected chi connectivity index (χ1v) is 7.87. The van der Waals surface area contributed by atoms with Crippen LogP contribution in [-0.2, 0) is 0 Å². The van der Waals surface area contributed by atoms with E-state index in [1.54, 1.807) is 42.5 Å². The van der Waals surface area contributed by atoms with Crippen molar-refractivity contribution < 1.29 is 9.53 Å². The van der Waals surface area contributed by atoms with Gasteiger partial charge < -0.3 is 4.74 Å². The highest BCUT2D eigenvalue weighted by molar-refractivity contribution is 6.36. The number of benzene rings is 2. The third-order valence-corrected chi connectivity index (χ3v) is 3.48. The molecule has 0 saturated heterocycles. The van der Waals surface area contributed by atoms with Gasteiger partial charge in [-0.15, -0.1) is 0 Å². The summed E-state index contributed by atoms with van der Waals surface area (Å²) in [5.74, 6) is 0.424. The second-order valence-electron chi connectivity index (χ2n) is 4.74. The monoisotopic (exact) mass is 350 g/mol. The first-order valence-electron chi connectivity index (χ1n) is 7.11. The molecule has 0 aliphatic rings. The van der Waals surface area contributed by atoms with Crippen molar-refractivity contribution in [2.24, 2.45) is 5.10 Å². The Balaban J connectivity index is 1.95. The van der Waals surface area contributed by atoms with Crippen LogP contribution in [0.25, 0.3) is 0 Å². The molecule has 2 aromatic rings. The van der Waals surface area contributed by atoms with Gasteiger partial charge in [0.25, 0.3) is 5.91 Å². The van der Waals surface area contributed by atoms with Crippen LogP contribution in [0, 0.1) is 0 Å². The molecule has 0 unspecified atom stereocenters. The molecule has 0 saturated carbocycles. The first kappa shape index (κ1) is 17.3. The van der Waals surface area contributed by atoms with E-state index in [1.807, 2.05) is 6.92 Å². The highest BCUT2D eigenvalue weighted by Gasteiger charge is 2.04. The van der Waals surface area contributed by atoms with E-state index in [0.717, 1.165) is 12.2 Å². The van der Waals surface area contributed by atoms with E-state index in [9.17, 15) is 4.79 Å². The van der Waals surface area contributed by atoms with Crippen LogP contribution in [0.3, 0.4) is 0 Å². The molecule has 2 aromatic carbocycles. The Morgan fingerprint density at radius 2 is 1.96 bits per heavy atom. The van der Waals surface area contributed by atoms with E-state index in [4.69, 9.17) is 27.9 Å². The summed E-state index contributed by atoms with van der Waals surface area (Å²) in [7, 11) is 0. The third kappa shape index (κ3) is 5.27. The smallest absolute Gasteiger partial charge is 0.271 e. The summed E-state index contributed by atoms with van der Waals surface area (Å²) in [6.45, 7) is 2.68. The van der Waals surface area contributed by atoms with Gasteiger partial charge >= 0.3 is 0 Å². The van der Waals surface area contributed by atoms with Crippen molar-refractivity contribution in [3.63, 3.8) is 0 Å². The molecule has 0 fully saturated rings. The number of ether oxygens (including phenoxy) is 1. The zero-order valence-electron chi connectivity index (χ0n) is 12.6. The van der Waals surface area contributed by atoms with Crippen molar-refractivity contribution in [3.8, 4) is 5.75 Å². The van der Waals surface area contributed by atoms with Crippen molar-refractivity contribution in [1.82, 2.24) is 5.43 Å². The summed E-state index contributed by atoms with van der Waals surface area (Å²) in [6, 6.07) is 11.9. The molecule has 0 bridgehead atoms. The summed E-state index contributed by atoms with van der Waals surface area (Å²) in [4.78, 5) is 12.0. The van der Waals surface area contributed by atoms with Crippen LogP contribution >= 0.6 is 23.2 Å². The van der Waals surface area contributed by atoms with Gasteiger partial charge in [-0.3, -0.25) is 4.79 Å². The molecular formula is C17H16Cl2N2O2. The van der Waals surface area contributed by atoms with E-state index >= 15 is 0 Å². The van der Waals surface area contributed by atoms with Gasteiger partial charge in [0.1, 0.15) is 5.75 Å². The van der Waals surface area contributed by atoms with E-state index in [-0.39, 0.29) is 5.91 Å². The number of halogens is 2. The second-order valence-corrected chi connectivity index (χ2v) is 5.58. The largest absolute Gasteiger partial charge is 0.494 e. The average Bonchev–Trinajstić information content (AvgIpc) is 2.55. The number of hydrazone groups is 1. The topological polar surface area (TPSA) is 50.7 Å². The fraction of sp³-hybridized carbons (Fsp3) is 0.176. The average molecular weight is 351 g/mol. The summed E-state index contributed by atoms with van der Waals surface area (Å²) in [5.41, 5.74) is 3.61. The number of rotatable bonds is 6. The van der Waals surface area contributed by atoms with Crippen LogP contribution in [0.1, 0.15) is 29.3 Å². The molecule has 0 heterocycles. The molecule has 2 rings (SSSR count). The lowest BCUT2D eigenvalue weighted by molar-refractivity contribution is 0.0955. The van der Waals surface area contributed by atoms with Gasteiger partial charge in [0, 0.05) is 16.1 Å². The quantitative estimate of drug-likeness (QED) is 0.613. The predicted molar refractivity (Wildman–Crippen MR) is 93.8 cm³/mol. The number of nitrogens with one attached hydrogen (secondary N) is 1. The van der Waals surface area contributed by atoms with Crippen LogP contribution in [0.2, 0.25) is 10.0 Å². The standard InChI is InChI=1S/C17H16Cl2N2O2/c1-2-9-23-15-7-4-12(5-8-15)17(22)21-20-11-13-3-6-14(18)10-16(13)19/h3-8,10-11H,2,9H2,1H3,(H,21,22)/b20-11+. The van der Waals surface area contributed by atoms with Gasteiger partial charge in [0.15, 0.2) is 0 Å². The van der Waals surface area contributed by atoms with Crippen LogP contribution in [0.15, 0.2) is 47.6 Å². The van der Waals surface area contributed by atoms with Crippen molar-refractivity contribution in [3.05, 3.63) is 63.6 Å². The molecule has 0 aliphatic heterocycles. The molecule has 0 spiro atoms. The van der Waals surface area contributed by atoms with Crippen molar-refractivity contribution in [2.75, 3.05) is 6.61 Å². The lowest BCUT2D eigenvalue weighted by Gasteiger charge is -2.05. The fourth-order valence-electron chi connectivity index (χ4n) is 1.75. The SMILES string of the molecule is CCCOc1ccc(C(=O)N/N=C/c2ccc(Cl)cc2Cl)cc1. The summed E-state index contributed by atoms with van der Waals surface area (Å²) in [5, 5.41) is 4.91. The predicted octanol–water partition coefficient (Wildman–Crippen LogP) is 4.55. The number of hydrogen-bond donors (Lipinski definition) is 1. The lowest BCUT2D eigenvalue weighted by atomic mass is 10.2. The Labute approximate surface area is 145 Å². The second kappa shape index (κ2) is 8.56. The molecular weight excluding hydrogens is 335 g/mol. The summed E-state index contributed by atoms with van der Waals surface area (Å²) in [6.07, 6.45) is 2.40. The van der Waals surface area contributed by atoms with Crippen molar-refractivity contribution in [1.29, 1.82) is 0 Å². The third-order valence-electron chi connectivity index (χ3n) is 2.92. The van der Waals surface area contributed by atoms with E-state index in [2.05, 4.69) is 10.5 Å². The molecule has 120 valence electrons. The minimum atomic E-state index is -0.312. The zero-order valence-corrected chi connectivity index (χ0v) is 14.1. The van der Waals surface area contributed by atoms with Gasteiger partial charge in [0.05, 0.1) is 17.8 Å². The Morgan fingerprint density at radius 1 is 1.22 bits per heavy atom. The fourth-order valence-corrected chi connectivity index (χ4v) is 2.21. The van der Waals surface area contributed by atoms with Crippen molar-refractivity contribution in [2.45, 2.75) is 13.3 Å². The molecule has 0 aliphatic carbocycles. The molecule has 1 N–H and O–H groups in total. The maximum absolute atomic E-state index is 12.0.